The number of carbonyl (C=O) groups excluding carboxylic acids is 4. The Morgan fingerprint density at radius 1 is 1.00 bits per heavy atom. The van der Waals surface area contributed by atoms with Crippen LogP contribution >= 0.6 is 23.1 Å². The van der Waals surface area contributed by atoms with Gasteiger partial charge in [-0.25, -0.2) is 9.59 Å². The smallest absolute Gasteiger partial charge is 0.348 e. The average molecular weight is 489 g/mol. The summed E-state index contributed by atoms with van der Waals surface area (Å²) < 4.78 is 14.3. The zero-order valence-corrected chi connectivity index (χ0v) is 19.6. The van der Waals surface area contributed by atoms with Crippen molar-refractivity contribution in [3.05, 3.63) is 52.5 Å². The number of methoxy groups -OCH3 is 3. The molecule has 1 amide bonds. The van der Waals surface area contributed by atoms with E-state index in [0.717, 1.165) is 34.2 Å². The summed E-state index contributed by atoms with van der Waals surface area (Å²) >= 11 is 2.14. The highest BCUT2D eigenvalue weighted by atomic mass is 32.2. The van der Waals surface area contributed by atoms with E-state index >= 15 is 0 Å². The van der Waals surface area contributed by atoms with E-state index < -0.39 is 23.8 Å². The molecule has 0 aliphatic rings. The van der Waals surface area contributed by atoms with Gasteiger partial charge in [-0.05, 0) is 12.1 Å². The molecule has 3 rings (SSSR count). The molecule has 2 heterocycles. The van der Waals surface area contributed by atoms with Crippen LogP contribution in [0.15, 0.2) is 41.4 Å². The van der Waals surface area contributed by atoms with Crippen LogP contribution in [-0.4, -0.2) is 55.9 Å². The number of amides is 1. The van der Waals surface area contributed by atoms with Crippen molar-refractivity contribution in [3.63, 3.8) is 0 Å². The van der Waals surface area contributed by atoms with Gasteiger partial charge in [0.05, 0.1) is 44.6 Å². The number of thiophene rings is 1. The predicted octanol–water partition coefficient (Wildman–Crippen LogP) is 3.32. The Kier molecular flexibility index (Phi) is 8.01. The van der Waals surface area contributed by atoms with E-state index in [9.17, 15) is 19.2 Å². The van der Waals surface area contributed by atoms with Gasteiger partial charge < -0.3 is 19.5 Å². The first-order valence-corrected chi connectivity index (χ1v) is 11.3. The van der Waals surface area contributed by atoms with E-state index in [1.54, 1.807) is 6.20 Å². The van der Waals surface area contributed by atoms with E-state index in [1.807, 2.05) is 30.3 Å². The number of hydrogen-bond donors (Lipinski definition) is 1. The van der Waals surface area contributed by atoms with Crippen molar-refractivity contribution in [2.24, 2.45) is 0 Å². The third kappa shape index (κ3) is 5.49. The maximum Gasteiger partial charge on any atom is 0.348 e. The molecular formula is C22H20N2O7S2. The molecule has 0 aliphatic heterocycles. The Morgan fingerprint density at radius 3 is 2.42 bits per heavy atom. The van der Waals surface area contributed by atoms with Crippen LogP contribution in [0.2, 0.25) is 0 Å². The summed E-state index contributed by atoms with van der Waals surface area (Å²) in [5.41, 5.74) is 0.805. The Hall–Kier alpha value is -3.44. The van der Waals surface area contributed by atoms with E-state index in [1.165, 1.54) is 26.0 Å². The van der Waals surface area contributed by atoms with Gasteiger partial charge >= 0.3 is 17.9 Å². The first-order valence-electron chi connectivity index (χ1n) is 9.55. The largest absolute Gasteiger partial charge is 0.469 e. The molecule has 1 aromatic carbocycles. The minimum atomic E-state index is -0.802. The van der Waals surface area contributed by atoms with Gasteiger partial charge in [0.1, 0.15) is 9.88 Å². The van der Waals surface area contributed by atoms with Gasteiger partial charge in [-0.3, -0.25) is 14.6 Å². The number of hydrogen-bond acceptors (Lipinski definition) is 10. The SMILES string of the molecule is COC(=O)Cc1c(C(=O)OC)sc(NC(=O)CSc2ccnc3ccccc23)c1C(=O)OC. The molecule has 0 saturated carbocycles. The van der Waals surface area contributed by atoms with Crippen molar-refractivity contribution in [3.8, 4) is 0 Å². The highest BCUT2D eigenvalue weighted by molar-refractivity contribution is 8.00. The second kappa shape index (κ2) is 10.9. The molecule has 11 heteroatoms. The fraction of sp³-hybridized carbons (Fsp3) is 0.227. The van der Waals surface area contributed by atoms with E-state index in [0.29, 0.717) is 0 Å². The summed E-state index contributed by atoms with van der Waals surface area (Å²) in [6.45, 7) is 0. The molecule has 172 valence electrons. The molecule has 0 aliphatic carbocycles. The number of rotatable bonds is 8. The summed E-state index contributed by atoms with van der Waals surface area (Å²) in [5.74, 6) is -2.59. The molecule has 2 aromatic heterocycles. The van der Waals surface area contributed by atoms with Crippen LogP contribution in [0.25, 0.3) is 10.9 Å². The summed E-state index contributed by atoms with van der Waals surface area (Å²) in [6, 6.07) is 9.38. The fourth-order valence-electron chi connectivity index (χ4n) is 3.02. The Labute approximate surface area is 197 Å². The second-order valence-electron chi connectivity index (χ2n) is 6.51. The molecule has 0 spiro atoms. The molecule has 9 nitrogen and oxygen atoms in total. The minimum Gasteiger partial charge on any atom is -0.469 e. The molecule has 33 heavy (non-hydrogen) atoms. The number of fused-ring (bicyclic) bond motifs is 1. The summed E-state index contributed by atoms with van der Waals surface area (Å²) in [7, 11) is 3.53. The standard InChI is InChI=1S/C22H20N2O7S2/c1-29-17(26)10-13-18(21(27)30-2)20(33-19(13)22(28)31-3)24-16(25)11-32-15-8-9-23-14-7-5-4-6-12(14)15/h4-9H,10-11H2,1-3H3,(H,24,25). The van der Waals surface area contributed by atoms with Gasteiger partial charge in [0.15, 0.2) is 0 Å². The van der Waals surface area contributed by atoms with Crippen molar-refractivity contribution in [1.82, 2.24) is 4.98 Å². The lowest BCUT2D eigenvalue weighted by molar-refractivity contribution is -0.139. The number of anilines is 1. The number of esters is 3. The molecule has 1 N–H and O–H groups in total. The van der Waals surface area contributed by atoms with Crippen LogP contribution in [0.4, 0.5) is 5.00 Å². The lowest BCUT2D eigenvalue weighted by Gasteiger charge is -2.08. The molecule has 0 fully saturated rings. The fourth-order valence-corrected chi connectivity index (χ4v) is 5.00. The Morgan fingerprint density at radius 2 is 1.73 bits per heavy atom. The third-order valence-corrected chi connectivity index (χ3v) is 6.74. The monoisotopic (exact) mass is 488 g/mol. The molecule has 0 radical (unpaired) electrons. The number of para-hydroxylation sites is 1. The first kappa shape index (κ1) is 24.2. The number of nitrogens with one attached hydrogen (secondary N) is 1. The van der Waals surface area contributed by atoms with E-state index in [4.69, 9.17) is 9.47 Å². The number of benzene rings is 1. The Balaban J connectivity index is 1.88. The van der Waals surface area contributed by atoms with Gasteiger partial charge in [0.25, 0.3) is 0 Å². The zero-order chi connectivity index (χ0) is 24.0. The number of pyridine rings is 1. The van der Waals surface area contributed by atoms with Crippen LogP contribution in [0.3, 0.4) is 0 Å². The van der Waals surface area contributed by atoms with Crippen molar-refractivity contribution in [1.29, 1.82) is 0 Å². The number of thioether (sulfide) groups is 1. The van der Waals surface area contributed by atoms with Crippen LogP contribution in [0, 0.1) is 0 Å². The Bertz CT molecular complexity index is 1220. The summed E-state index contributed by atoms with van der Waals surface area (Å²) in [5, 5.41) is 3.66. The second-order valence-corrected chi connectivity index (χ2v) is 8.55. The van der Waals surface area contributed by atoms with Gasteiger partial charge in [-0.15, -0.1) is 23.1 Å². The molecule has 0 saturated heterocycles. The lowest BCUT2D eigenvalue weighted by Crippen LogP contribution is -2.17. The molecule has 3 aromatic rings. The number of carbonyl (C=O) groups is 4. The highest BCUT2D eigenvalue weighted by Gasteiger charge is 2.30. The molecule has 0 atom stereocenters. The van der Waals surface area contributed by atoms with Gasteiger partial charge in [0, 0.05) is 22.0 Å². The maximum absolute atomic E-state index is 12.7. The highest BCUT2D eigenvalue weighted by Crippen LogP contribution is 2.36. The van der Waals surface area contributed by atoms with E-state index in [2.05, 4.69) is 15.0 Å². The zero-order valence-electron chi connectivity index (χ0n) is 18.0. The van der Waals surface area contributed by atoms with Crippen LogP contribution in [0.1, 0.15) is 25.6 Å². The summed E-state index contributed by atoms with van der Waals surface area (Å²) in [4.78, 5) is 54.5. The lowest BCUT2D eigenvalue weighted by atomic mass is 10.1. The van der Waals surface area contributed by atoms with Gasteiger partial charge in [-0.2, -0.15) is 0 Å². The first-order chi connectivity index (χ1) is 15.9. The van der Waals surface area contributed by atoms with Crippen LogP contribution in [0.5, 0.6) is 0 Å². The minimum absolute atomic E-state index is 0.00591. The van der Waals surface area contributed by atoms with E-state index in [-0.39, 0.29) is 33.2 Å². The van der Waals surface area contributed by atoms with Gasteiger partial charge in [-0.1, -0.05) is 18.2 Å². The molecule has 0 unspecified atom stereocenters. The van der Waals surface area contributed by atoms with Crippen LogP contribution in [-0.2, 0) is 30.2 Å². The number of ether oxygens (including phenoxy) is 3. The average Bonchev–Trinajstić information content (AvgIpc) is 3.18. The molecule has 0 bridgehead atoms. The number of aromatic nitrogens is 1. The van der Waals surface area contributed by atoms with Crippen molar-refractivity contribution < 1.29 is 33.4 Å². The third-order valence-electron chi connectivity index (χ3n) is 4.54. The maximum atomic E-state index is 12.7. The predicted molar refractivity (Wildman–Crippen MR) is 124 cm³/mol. The van der Waals surface area contributed by atoms with Crippen molar-refractivity contribution in [2.75, 3.05) is 32.4 Å². The normalized spacial score (nSPS) is 10.5. The van der Waals surface area contributed by atoms with Gasteiger partial charge in [0.2, 0.25) is 5.91 Å². The van der Waals surface area contributed by atoms with Crippen molar-refractivity contribution in [2.45, 2.75) is 11.3 Å². The topological polar surface area (TPSA) is 121 Å². The van der Waals surface area contributed by atoms with Crippen molar-refractivity contribution >= 4 is 62.8 Å². The van der Waals surface area contributed by atoms with Crippen LogP contribution < -0.4 is 5.32 Å². The summed E-state index contributed by atoms with van der Waals surface area (Å²) in [6.07, 6.45) is 1.30. The molecular weight excluding hydrogens is 468 g/mol. The quantitative estimate of drug-likeness (QED) is 0.289. The number of nitrogens with zero attached hydrogens (tertiary/aromatic N) is 1.